The van der Waals surface area contributed by atoms with Crippen molar-refractivity contribution < 1.29 is 0 Å². The summed E-state index contributed by atoms with van der Waals surface area (Å²) in [5.41, 5.74) is 22.1. The second-order valence-corrected chi connectivity index (χ2v) is 25.4. The third-order valence-corrected chi connectivity index (χ3v) is 18.2. The topological polar surface area (TPSA) is 6.48 Å². The van der Waals surface area contributed by atoms with E-state index >= 15 is 0 Å². The molecule has 67 heavy (non-hydrogen) atoms. The molecule has 3 heterocycles. The van der Waals surface area contributed by atoms with Crippen LogP contribution < -0.4 is 20.0 Å². The van der Waals surface area contributed by atoms with Crippen LogP contribution in [0.25, 0.3) is 43.1 Å². The summed E-state index contributed by atoms with van der Waals surface area (Å²) in [6.07, 6.45) is 4.74. The van der Waals surface area contributed by atoms with E-state index in [2.05, 4.69) is 220 Å². The Hall–Kier alpha value is -5.58. The third kappa shape index (κ3) is 6.34. The van der Waals surface area contributed by atoms with Gasteiger partial charge in [0.1, 0.15) is 0 Å². The summed E-state index contributed by atoms with van der Waals surface area (Å²) in [6, 6.07) is 50.2. The first-order valence-electron chi connectivity index (χ1n) is 25.0. The Kier molecular flexibility index (Phi) is 9.09. The quantitative estimate of drug-likeness (QED) is 0.163. The smallest absolute Gasteiger partial charge is 0.343 e. The van der Waals surface area contributed by atoms with Gasteiger partial charge in [0.2, 0.25) is 0 Å². The number of rotatable bonds is 3. The fourth-order valence-electron chi connectivity index (χ4n) is 12.7. The van der Waals surface area contributed by atoms with Gasteiger partial charge in [0.05, 0.1) is 5.69 Å². The molecular formula is C63H65BN2S. The molecule has 0 unspecified atom stereocenters. The summed E-state index contributed by atoms with van der Waals surface area (Å²) in [5.74, 6) is 0. The first-order chi connectivity index (χ1) is 31.7. The molecule has 0 saturated carbocycles. The van der Waals surface area contributed by atoms with Gasteiger partial charge in [-0.05, 0) is 163 Å². The van der Waals surface area contributed by atoms with E-state index in [1.54, 1.807) is 0 Å². The second-order valence-electron chi connectivity index (χ2n) is 24.3. The number of hydrogen-bond donors (Lipinski definition) is 0. The van der Waals surface area contributed by atoms with Crippen molar-refractivity contribution in [3.63, 3.8) is 0 Å². The summed E-state index contributed by atoms with van der Waals surface area (Å²) in [6.45, 7) is 29.1. The average molecular weight is 893 g/mol. The van der Waals surface area contributed by atoms with Crippen LogP contribution in [0.2, 0.25) is 0 Å². The first kappa shape index (κ1) is 42.8. The van der Waals surface area contributed by atoms with Crippen LogP contribution in [0.3, 0.4) is 0 Å². The fraction of sp³-hybridized carbons (Fsp3) is 0.333. The number of hydrogen-bond acceptors (Lipinski definition) is 3. The zero-order valence-corrected chi connectivity index (χ0v) is 42.6. The molecule has 2 aliphatic heterocycles. The molecule has 4 aliphatic rings. The highest BCUT2D eigenvalue weighted by Gasteiger charge is 2.49. The Labute approximate surface area is 404 Å². The van der Waals surface area contributed by atoms with Crippen molar-refractivity contribution in [2.45, 2.75) is 136 Å². The van der Waals surface area contributed by atoms with Crippen molar-refractivity contribution in [2.75, 3.05) is 9.71 Å². The molecule has 7 aromatic carbocycles. The molecule has 2 aliphatic carbocycles. The molecule has 1 aromatic heterocycles. The largest absolute Gasteiger partial charge is 0.375 e. The van der Waals surface area contributed by atoms with Crippen LogP contribution in [0.4, 0.5) is 28.4 Å². The lowest BCUT2D eigenvalue weighted by atomic mass is 9.46. The van der Waals surface area contributed by atoms with E-state index in [-0.39, 0.29) is 33.9 Å². The molecular weight excluding hydrogens is 828 g/mol. The maximum Gasteiger partial charge on any atom is 0.343 e. The highest BCUT2D eigenvalue weighted by atomic mass is 32.1. The number of nitrogens with zero attached hydrogens (tertiary/aromatic N) is 2. The van der Waals surface area contributed by atoms with Crippen molar-refractivity contribution in [3.05, 3.63) is 161 Å². The van der Waals surface area contributed by atoms with Gasteiger partial charge in [-0.15, -0.1) is 11.3 Å². The van der Waals surface area contributed by atoms with Gasteiger partial charge < -0.3 is 9.71 Å². The highest BCUT2D eigenvalue weighted by Crippen LogP contribution is 2.56. The van der Waals surface area contributed by atoms with Crippen molar-refractivity contribution in [3.8, 4) is 22.3 Å². The van der Waals surface area contributed by atoms with Gasteiger partial charge in [-0.25, -0.2) is 0 Å². The van der Waals surface area contributed by atoms with E-state index in [0.717, 1.165) is 0 Å². The summed E-state index contributed by atoms with van der Waals surface area (Å²) < 4.78 is 2.81. The summed E-state index contributed by atoms with van der Waals surface area (Å²) in [5, 5.41) is 3.93. The number of thiophene rings is 1. The molecule has 336 valence electrons. The Bertz CT molecular complexity index is 3360. The predicted molar refractivity (Wildman–Crippen MR) is 292 cm³/mol. The maximum atomic E-state index is 2.77. The van der Waals surface area contributed by atoms with Crippen LogP contribution in [0, 0.1) is 6.92 Å². The molecule has 0 fully saturated rings. The molecule has 0 bridgehead atoms. The monoisotopic (exact) mass is 892 g/mol. The van der Waals surface area contributed by atoms with E-state index in [4.69, 9.17) is 0 Å². The van der Waals surface area contributed by atoms with E-state index < -0.39 is 0 Å². The van der Waals surface area contributed by atoms with E-state index in [0.29, 0.717) is 0 Å². The van der Waals surface area contributed by atoms with Crippen LogP contribution in [0.15, 0.2) is 127 Å². The zero-order valence-electron chi connectivity index (χ0n) is 41.8. The number of fused-ring (bicyclic) bond motifs is 10. The third-order valence-electron chi connectivity index (χ3n) is 17.0. The van der Waals surface area contributed by atoms with Crippen LogP contribution >= 0.6 is 11.3 Å². The van der Waals surface area contributed by atoms with Crippen molar-refractivity contribution in [1.29, 1.82) is 0 Å². The van der Waals surface area contributed by atoms with E-state index in [9.17, 15) is 0 Å². The lowest BCUT2D eigenvalue weighted by Crippen LogP contribution is -2.60. The number of anilines is 5. The summed E-state index contributed by atoms with van der Waals surface area (Å²) in [7, 11) is 0. The normalized spacial score (nSPS) is 18.3. The van der Waals surface area contributed by atoms with Crippen LogP contribution in [0.5, 0.6) is 0 Å². The van der Waals surface area contributed by atoms with Gasteiger partial charge in [-0.1, -0.05) is 161 Å². The molecule has 0 radical (unpaired) electrons. The Morgan fingerprint density at radius 3 is 1.78 bits per heavy atom. The lowest BCUT2D eigenvalue weighted by molar-refractivity contribution is 0.332. The van der Waals surface area contributed by atoms with E-state index in [1.165, 1.54) is 141 Å². The molecule has 0 saturated heterocycles. The van der Waals surface area contributed by atoms with Gasteiger partial charge in [0.15, 0.2) is 0 Å². The van der Waals surface area contributed by atoms with Crippen molar-refractivity contribution >= 4 is 77.7 Å². The molecule has 0 atom stereocenters. The second kappa shape index (κ2) is 14.2. The molecule has 2 nitrogen and oxygen atoms in total. The van der Waals surface area contributed by atoms with Gasteiger partial charge in [0.25, 0.3) is 0 Å². The first-order valence-corrected chi connectivity index (χ1v) is 25.8. The van der Waals surface area contributed by atoms with Crippen LogP contribution in [-0.4, -0.2) is 6.85 Å². The van der Waals surface area contributed by atoms with Crippen molar-refractivity contribution in [1.82, 2.24) is 0 Å². The van der Waals surface area contributed by atoms with E-state index in [1.807, 2.05) is 11.3 Å². The van der Waals surface area contributed by atoms with Gasteiger partial charge in [0, 0.05) is 48.6 Å². The number of benzene rings is 7. The Morgan fingerprint density at radius 1 is 0.522 bits per heavy atom. The Morgan fingerprint density at radius 2 is 1.12 bits per heavy atom. The van der Waals surface area contributed by atoms with Crippen LogP contribution in [0.1, 0.15) is 135 Å². The minimum atomic E-state index is -0.0661. The Balaban J connectivity index is 1.26. The van der Waals surface area contributed by atoms with Gasteiger partial charge >= 0.3 is 6.85 Å². The molecule has 0 spiro atoms. The predicted octanol–water partition coefficient (Wildman–Crippen LogP) is 16.7. The molecule has 8 aromatic rings. The molecule has 0 N–H and O–H groups in total. The zero-order chi connectivity index (χ0) is 46.7. The standard InChI is InChI=1S/C63H65BN2S/c1-38-32-48-50(62(9,10)30-28-60(48,5)6)36-52(38)65-53-34-41(39-18-14-13-15-19-39)33-46-45-27-22-40-20-16-17-21-44(40)56(45)66(43-25-23-42(24-26-43)59(2,3)4)64(55(46)53)58-57(65)47-35-49-51(37-54(47)67-58)63(11,12)31-29-61(49,7)8/h13-27,32-37H,28-31H2,1-12H3. The SMILES string of the molecule is Cc1cc2c(cc1N1c3cc(-c4ccccc4)cc4c3B(c3sc5cc6c(cc5c31)C(C)(C)CCC6(C)C)N(c1ccc(C(C)(C)C)cc1)c1c-4ccc3ccccc13)C(C)(C)CCC2(C)C. The number of aryl methyl sites for hydroxylation is 1. The lowest BCUT2D eigenvalue weighted by Gasteiger charge is -2.47. The minimum absolute atomic E-state index is 0.0415. The van der Waals surface area contributed by atoms with Gasteiger partial charge in [-0.2, -0.15) is 0 Å². The van der Waals surface area contributed by atoms with Crippen LogP contribution in [-0.2, 0) is 27.1 Å². The maximum absolute atomic E-state index is 2.77. The summed E-state index contributed by atoms with van der Waals surface area (Å²) in [4.78, 5) is 5.52. The van der Waals surface area contributed by atoms with Gasteiger partial charge in [-0.3, -0.25) is 0 Å². The minimum Gasteiger partial charge on any atom is -0.375 e. The average Bonchev–Trinajstić information content (AvgIpc) is 3.67. The molecule has 0 amide bonds. The fourth-order valence-corrected chi connectivity index (χ4v) is 14.0. The highest BCUT2D eigenvalue weighted by molar-refractivity contribution is 7.32. The van der Waals surface area contributed by atoms with Crippen molar-refractivity contribution in [2.24, 2.45) is 0 Å². The molecule has 4 heteroatoms. The summed E-state index contributed by atoms with van der Waals surface area (Å²) >= 11 is 2.05. The molecule has 12 rings (SSSR count).